The number of azo groups is 1. The van der Waals surface area contributed by atoms with Gasteiger partial charge in [-0.25, -0.2) is 0 Å². The summed E-state index contributed by atoms with van der Waals surface area (Å²) in [6.07, 6.45) is 0. The molecule has 0 unspecified atom stereocenters. The monoisotopic (exact) mass is 266 g/mol. The third kappa shape index (κ3) is 2.51. The summed E-state index contributed by atoms with van der Waals surface area (Å²) in [5.41, 5.74) is 9.52. The second-order valence-electron chi connectivity index (χ2n) is 5.46. The highest BCUT2D eigenvalue weighted by atomic mass is 15.1. The topological polar surface area (TPSA) is 24.7 Å². The van der Waals surface area contributed by atoms with Crippen molar-refractivity contribution in [2.24, 2.45) is 10.2 Å². The zero-order chi connectivity index (χ0) is 14.9. The van der Waals surface area contributed by atoms with Gasteiger partial charge in [0, 0.05) is 0 Å². The third-order valence-corrected chi connectivity index (χ3v) is 4.33. The Hall–Kier alpha value is -1.96. The molecule has 0 radical (unpaired) electrons. The Bertz CT molecular complexity index is 653. The summed E-state index contributed by atoms with van der Waals surface area (Å²) in [4.78, 5) is 0. The molecule has 2 nitrogen and oxygen atoms in total. The van der Waals surface area contributed by atoms with Crippen LogP contribution in [0.25, 0.3) is 0 Å². The van der Waals surface area contributed by atoms with Crippen molar-refractivity contribution < 1.29 is 0 Å². The van der Waals surface area contributed by atoms with Gasteiger partial charge < -0.3 is 0 Å². The Morgan fingerprint density at radius 2 is 1.10 bits per heavy atom. The van der Waals surface area contributed by atoms with Crippen molar-refractivity contribution in [1.82, 2.24) is 0 Å². The molecule has 0 N–H and O–H groups in total. The first-order chi connectivity index (χ1) is 9.43. The normalized spacial score (nSPS) is 11.3. The van der Waals surface area contributed by atoms with Crippen molar-refractivity contribution in [2.75, 3.05) is 0 Å². The van der Waals surface area contributed by atoms with Crippen LogP contribution in [0.5, 0.6) is 0 Å². The largest absolute Gasteiger partial charge is 0.150 e. The van der Waals surface area contributed by atoms with Gasteiger partial charge in [0.25, 0.3) is 0 Å². The average Bonchev–Trinajstić information content (AvgIpc) is 2.45. The van der Waals surface area contributed by atoms with E-state index in [1.54, 1.807) is 0 Å². The number of rotatable bonds is 2. The molecule has 0 aliphatic rings. The van der Waals surface area contributed by atoms with Gasteiger partial charge in [-0.05, 0) is 81.0 Å². The van der Waals surface area contributed by atoms with Crippen LogP contribution in [-0.4, -0.2) is 0 Å². The standard InChI is InChI=1S/C18H22N2/c1-11-9-7-8-10-17(11)19-20-18-15(5)13(3)12(2)14(4)16(18)6/h7-10H,1-6H3. The molecular formula is C18H22N2. The smallest absolute Gasteiger partial charge is 0.0920 e. The van der Waals surface area contributed by atoms with Crippen molar-refractivity contribution in [3.63, 3.8) is 0 Å². The fourth-order valence-electron chi connectivity index (χ4n) is 2.41. The fourth-order valence-corrected chi connectivity index (χ4v) is 2.41. The molecule has 0 aliphatic carbocycles. The highest BCUT2D eigenvalue weighted by Crippen LogP contribution is 2.33. The highest BCUT2D eigenvalue weighted by Gasteiger charge is 2.11. The Balaban J connectivity index is 2.53. The van der Waals surface area contributed by atoms with Gasteiger partial charge in [0.1, 0.15) is 0 Å². The highest BCUT2D eigenvalue weighted by molar-refractivity contribution is 5.61. The summed E-state index contributed by atoms with van der Waals surface area (Å²) in [7, 11) is 0. The van der Waals surface area contributed by atoms with E-state index < -0.39 is 0 Å². The number of benzene rings is 2. The Labute approximate surface area is 121 Å². The SMILES string of the molecule is Cc1ccccc1N=Nc1c(C)c(C)c(C)c(C)c1C. The Morgan fingerprint density at radius 1 is 0.600 bits per heavy atom. The van der Waals surface area contributed by atoms with Crippen LogP contribution in [0.4, 0.5) is 11.4 Å². The maximum atomic E-state index is 4.52. The van der Waals surface area contributed by atoms with Gasteiger partial charge in [0.2, 0.25) is 0 Å². The molecule has 0 fully saturated rings. The van der Waals surface area contributed by atoms with Gasteiger partial charge in [-0.2, -0.15) is 5.11 Å². The number of hydrogen-bond donors (Lipinski definition) is 0. The molecule has 0 bridgehead atoms. The van der Waals surface area contributed by atoms with E-state index in [1.807, 2.05) is 18.2 Å². The van der Waals surface area contributed by atoms with Crippen LogP contribution in [0.3, 0.4) is 0 Å². The van der Waals surface area contributed by atoms with Gasteiger partial charge in [-0.1, -0.05) is 18.2 Å². The van der Waals surface area contributed by atoms with Crippen LogP contribution < -0.4 is 0 Å². The van der Waals surface area contributed by atoms with Crippen LogP contribution in [0.1, 0.15) is 33.4 Å². The van der Waals surface area contributed by atoms with Crippen molar-refractivity contribution in [2.45, 2.75) is 41.5 Å². The number of nitrogens with zero attached hydrogens (tertiary/aromatic N) is 2. The van der Waals surface area contributed by atoms with Crippen molar-refractivity contribution >= 4 is 11.4 Å². The first-order valence-corrected chi connectivity index (χ1v) is 6.97. The van der Waals surface area contributed by atoms with Crippen LogP contribution in [-0.2, 0) is 0 Å². The van der Waals surface area contributed by atoms with Gasteiger partial charge in [-0.15, -0.1) is 5.11 Å². The molecular weight excluding hydrogens is 244 g/mol. The summed E-state index contributed by atoms with van der Waals surface area (Å²) >= 11 is 0. The molecule has 0 aromatic heterocycles. The van der Waals surface area contributed by atoms with E-state index in [-0.39, 0.29) is 0 Å². The first-order valence-electron chi connectivity index (χ1n) is 6.97. The predicted octanol–water partition coefficient (Wildman–Crippen LogP) is 5.95. The van der Waals surface area contributed by atoms with E-state index in [2.05, 4.69) is 57.8 Å². The molecule has 2 aromatic rings. The lowest BCUT2D eigenvalue weighted by Gasteiger charge is -2.15. The second-order valence-corrected chi connectivity index (χ2v) is 5.46. The lowest BCUT2D eigenvalue weighted by atomic mass is 9.93. The molecule has 0 amide bonds. The van der Waals surface area contributed by atoms with E-state index in [0.717, 1.165) is 16.9 Å². The summed E-state index contributed by atoms with van der Waals surface area (Å²) in [5.74, 6) is 0. The minimum absolute atomic E-state index is 0.933. The molecule has 0 spiro atoms. The predicted molar refractivity (Wildman–Crippen MR) is 85.5 cm³/mol. The van der Waals surface area contributed by atoms with Crippen molar-refractivity contribution in [1.29, 1.82) is 0 Å². The summed E-state index contributed by atoms with van der Waals surface area (Å²) < 4.78 is 0. The first kappa shape index (κ1) is 14.4. The van der Waals surface area contributed by atoms with Crippen molar-refractivity contribution in [3.8, 4) is 0 Å². The lowest BCUT2D eigenvalue weighted by Crippen LogP contribution is -1.95. The fraction of sp³-hybridized carbons (Fsp3) is 0.333. The molecule has 0 atom stereocenters. The third-order valence-electron chi connectivity index (χ3n) is 4.33. The van der Waals surface area contributed by atoms with Crippen LogP contribution >= 0.6 is 0 Å². The molecule has 0 aliphatic heterocycles. The van der Waals surface area contributed by atoms with Gasteiger partial charge in [-0.3, -0.25) is 0 Å². The molecule has 0 saturated heterocycles. The summed E-state index contributed by atoms with van der Waals surface area (Å²) in [6.45, 7) is 12.8. The van der Waals surface area contributed by atoms with E-state index >= 15 is 0 Å². The lowest BCUT2D eigenvalue weighted by molar-refractivity contribution is 1.12. The van der Waals surface area contributed by atoms with E-state index in [1.165, 1.54) is 27.8 Å². The van der Waals surface area contributed by atoms with Crippen LogP contribution in [0, 0.1) is 41.5 Å². The van der Waals surface area contributed by atoms with Crippen LogP contribution in [0.15, 0.2) is 34.5 Å². The maximum absolute atomic E-state index is 4.52. The van der Waals surface area contributed by atoms with Gasteiger partial charge >= 0.3 is 0 Å². The Kier molecular flexibility index (Phi) is 4.03. The summed E-state index contributed by atoms with van der Waals surface area (Å²) in [5, 5.41) is 8.96. The van der Waals surface area contributed by atoms with Crippen LogP contribution in [0.2, 0.25) is 0 Å². The number of aryl methyl sites for hydroxylation is 1. The minimum Gasteiger partial charge on any atom is -0.150 e. The zero-order valence-electron chi connectivity index (χ0n) is 13.2. The molecule has 2 aromatic carbocycles. The molecule has 104 valence electrons. The minimum atomic E-state index is 0.933. The molecule has 0 saturated carbocycles. The maximum Gasteiger partial charge on any atom is 0.0920 e. The van der Waals surface area contributed by atoms with Crippen molar-refractivity contribution in [3.05, 3.63) is 57.6 Å². The van der Waals surface area contributed by atoms with Gasteiger partial charge in [0.05, 0.1) is 11.4 Å². The van der Waals surface area contributed by atoms with E-state index in [0.29, 0.717) is 0 Å². The second kappa shape index (κ2) is 5.58. The molecule has 0 heterocycles. The average molecular weight is 266 g/mol. The number of hydrogen-bond acceptors (Lipinski definition) is 2. The van der Waals surface area contributed by atoms with E-state index in [4.69, 9.17) is 0 Å². The van der Waals surface area contributed by atoms with E-state index in [9.17, 15) is 0 Å². The molecule has 2 rings (SSSR count). The Morgan fingerprint density at radius 3 is 1.65 bits per heavy atom. The molecule has 20 heavy (non-hydrogen) atoms. The summed E-state index contributed by atoms with van der Waals surface area (Å²) in [6, 6.07) is 8.06. The zero-order valence-corrected chi connectivity index (χ0v) is 13.2. The van der Waals surface area contributed by atoms with Gasteiger partial charge in [0.15, 0.2) is 0 Å². The quantitative estimate of drug-likeness (QED) is 0.600. The molecule has 2 heteroatoms.